The summed E-state index contributed by atoms with van der Waals surface area (Å²) in [5, 5.41) is 0. The van der Waals surface area contributed by atoms with Gasteiger partial charge in [-0.1, -0.05) is 30.9 Å². The van der Waals surface area contributed by atoms with Crippen LogP contribution in [0.3, 0.4) is 0 Å². The lowest BCUT2D eigenvalue weighted by molar-refractivity contribution is 0.629. The van der Waals surface area contributed by atoms with E-state index < -0.39 is 5.82 Å². The third kappa shape index (κ3) is 1.96. The van der Waals surface area contributed by atoms with Crippen LogP contribution in [0.25, 0.3) is 5.57 Å². The zero-order chi connectivity index (χ0) is 9.84. The van der Waals surface area contributed by atoms with Crippen LogP contribution in [0.4, 0.5) is 10.1 Å². The Morgan fingerprint density at radius 3 is 2.85 bits per heavy atom. The molecule has 1 nitrogen and oxygen atoms in total. The Kier molecular flexibility index (Phi) is 2.85. The van der Waals surface area contributed by atoms with Gasteiger partial charge in [-0.25, -0.2) is 4.39 Å². The number of hydrogen-bond donors (Lipinski definition) is 1. The smallest absolute Gasteiger partial charge is 0.153 e. The van der Waals surface area contributed by atoms with E-state index in [4.69, 9.17) is 5.73 Å². The molecule has 0 fully saturated rings. The summed E-state index contributed by atoms with van der Waals surface area (Å²) in [7, 11) is 0. The Balaban J connectivity index is 3.15. The van der Waals surface area contributed by atoms with Crippen molar-refractivity contribution < 1.29 is 4.39 Å². The molecule has 2 N–H and O–H groups in total. The van der Waals surface area contributed by atoms with E-state index in [-0.39, 0.29) is 5.69 Å². The molecule has 1 rings (SSSR count). The molecule has 0 unspecified atom stereocenters. The first kappa shape index (κ1) is 9.52. The van der Waals surface area contributed by atoms with E-state index in [0.29, 0.717) is 11.1 Å². The minimum Gasteiger partial charge on any atom is -0.396 e. The fraction of sp³-hybridized carbons (Fsp3) is 0.0909. The van der Waals surface area contributed by atoms with Crippen molar-refractivity contribution in [3.63, 3.8) is 0 Å². The van der Waals surface area contributed by atoms with Crippen molar-refractivity contribution in [1.82, 2.24) is 0 Å². The summed E-state index contributed by atoms with van der Waals surface area (Å²) in [5.41, 5.74) is 6.66. The lowest BCUT2D eigenvalue weighted by atomic mass is 10.1. The van der Waals surface area contributed by atoms with Gasteiger partial charge in [-0.15, -0.1) is 0 Å². The molecule has 0 aliphatic heterocycles. The van der Waals surface area contributed by atoms with Crippen LogP contribution in [0.15, 0.2) is 36.9 Å². The van der Waals surface area contributed by atoms with Gasteiger partial charge in [0.1, 0.15) is 0 Å². The third-order valence-electron chi connectivity index (χ3n) is 1.74. The van der Waals surface area contributed by atoms with Crippen LogP contribution in [-0.4, -0.2) is 0 Å². The second-order valence-corrected chi connectivity index (χ2v) is 2.73. The molecule has 0 aliphatic carbocycles. The summed E-state index contributed by atoms with van der Waals surface area (Å²) in [6.45, 7) is 5.59. The number of nitrogen functional groups attached to an aromatic ring is 1. The van der Waals surface area contributed by atoms with E-state index in [1.165, 1.54) is 6.07 Å². The summed E-state index contributed by atoms with van der Waals surface area (Å²) in [5.74, 6) is -0.398. The average Bonchev–Trinajstić information content (AvgIpc) is 2.10. The van der Waals surface area contributed by atoms with E-state index in [9.17, 15) is 4.39 Å². The van der Waals surface area contributed by atoms with Crippen LogP contribution in [0, 0.1) is 5.82 Å². The molecule has 2 heteroatoms. The monoisotopic (exact) mass is 177 g/mol. The molecule has 0 bridgehead atoms. The molecule has 0 atom stereocenters. The number of rotatable bonds is 2. The minimum atomic E-state index is -0.398. The van der Waals surface area contributed by atoms with Crippen LogP contribution in [0.5, 0.6) is 0 Å². The van der Waals surface area contributed by atoms with Crippen LogP contribution in [0.2, 0.25) is 0 Å². The van der Waals surface area contributed by atoms with Crippen LogP contribution in [0.1, 0.15) is 12.5 Å². The van der Waals surface area contributed by atoms with Gasteiger partial charge < -0.3 is 5.73 Å². The standard InChI is InChI=1S/C11H12FN/c1-3-5-8(2)9-6-4-7-10(13)11(9)12/h3-7H,2,13H2,1H3. The zero-order valence-corrected chi connectivity index (χ0v) is 7.55. The Morgan fingerprint density at radius 1 is 1.54 bits per heavy atom. The van der Waals surface area contributed by atoms with Crippen LogP contribution >= 0.6 is 0 Å². The van der Waals surface area contributed by atoms with Crippen LogP contribution < -0.4 is 5.73 Å². The number of halogens is 1. The molecule has 0 aliphatic rings. The van der Waals surface area contributed by atoms with Gasteiger partial charge in [-0.2, -0.15) is 0 Å². The molecule has 1 aromatic rings. The van der Waals surface area contributed by atoms with Gasteiger partial charge in [0.15, 0.2) is 5.82 Å². The third-order valence-corrected chi connectivity index (χ3v) is 1.74. The second-order valence-electron chi connectivity index (χ2n) is 2.73. The minimum absolute atomic E-state index is 0.156. The van der Waals surface area contributed by atoms with Crippen molar-refractivity contribution in [2.45, 2.75) is 6.92 Å². The normalized spacial score (nSPS) is 10.6. The largest absolute Gasteiger partial charge is 0.396 e. The number of allylic oxidation sites excluding steroid dienone is 3. The van der Waals surface area contributed by atoms with E-state index >= 15 is 0 Å². The quantitative estimate of drug-likeness (QED) is 0.545. The highest BCUT2D eigenvalue weighted by Crippen LogP contribution is 2.21. The molecule has 0 saturated heterocycles. The Hall–Kier alpha value is -1.57. The summed E-state index contributed by atoms with van der Waals surface area (Å²) in [4.78, 5) is 0. The Morgan fingerprint density at radius 2 is 2.23 bits per heavy atom. The predicted octanol–water partition coefficient (Wildman–Crippen LogP) is 3.00. The molecule has 13 heavy (non-hydrogen) atoms. The SMILES string of the molecule is C=C(C=CC)c1cccc(N)c1F. The molecule has 0 radical (unpaired) electrons. The molecule has 1 aromatic carbocycles. The highest BCUT2D eigenvalue weighted by atomic mass is 19.1. The highest BCUT2D eigenvalue weighted by molar-refractivity contribution is 5.74. The van der Waals surface area contributed by atoms with Crippen molar-refractivity contribution in [3.05, 3.63) is 48.3 Å². The summed E-state index contributed by atoms with van der Waals surface area (Å²) in [6.07, 6.45) is 3.56. The second kappa shape index (κ2) is 3.90. The number of anilines is 1. The number of benzene rings is 1. The maximum atomic E-state index is 13.4. The van der Waals surface area contributed by atoms with E-state index in [1.807, 2.05) is 13.0 Å². The molecular formula is C11H12FN. The van der Waals surface area contributed by atoms with Gasteiger partial charge in [0, 0.05) is 5.56 Å². The first-order chi connectivity index (χ1) is 6.16. The molecular weight excluding hydrogens is 165 g/mol. The van der Waals surface area contributed by atoms with Crippen molar-refractivity contribution in [2.75, 3.05) is 5.73 Å². The fourth-order valence-corrected chi connectivity index (χ4v) is 1.09. The van der Waals surface area contributed by atoms with Gasteiger partial charge in [-0.05, 0) is 18.6 Å². The molecule has 0 amide bonds. The lowest BCUT2D eigenvalue weighted by Crippen LogP contribution is -1.94. The molecule has 0 heterocycles. The first-order valence-corrected chi connectivity index (χ1v) is 4.02. The van der Waals surface area contributed by atoms with Gasteiger partial charge >= 0.3 is 0 Å². The maximum absolute atomic E-state index is 13.4. The zero-order valence-electron chi connectivity index (χ0n) is 7.55. The van der Waals surface area contributed by atoms with E-state index in [1.54, 1.807) is 18.2 Å². The molecule has 68 valence electrons. The Labute approximate surface area is 77.4 Å². The average molecular weight is 177 g/mol. The fourth-order valence-electron chi connectivity index (χ4n) is 1.09. The van der Waals surface area contributed by atoms with Gasteiger partial charge in [0.2, 0.25) is 0 Å². The number of hydrogen-bond acceptors (Lipinski definition) is 1. The summed E-state index contributed by atoms with van der Waals surface area (Å²) < 4.78 is 13.4. The van der Waals surface area contributed by atoms with Crippen molar-refractivity contribution in [2.24, 2.45) is 0 Å². The van der Waals surface area contributed by atoms with Gasteiger partial charge in [0.05, 0.1) is 5.69 Å². The first-order valence-electron chi connectivity index (χ1n) is 4.02. The maximum Gasteiger partial charge on any atom is 0.153 e. The van der Waals surface area contributed by atoms with E-state index in [0.717, 1.165) is 0 Å². The number of nitrogens with two attached hydrogens (primary N) is 1. The summed E-state index contributed by atoms with van der Waals surface area (Å²) in [6, 6.07) is 4.90. The van der Waals surface area contributed by atoms with Crippen LogP contribution in [-0.2, 0) is 0 Å². The summed E-state index contributed by atoms with van der Waals surface area (Å²) >= 11 is 0. The van der Waals surface area contributed by atoms with Gasteiger partial charge in [0.25, 0.3) is 0 Å². The topological polar surface area (TPSA) is 26.0 Å². The highest BCUT2D eigenvalue weighted by Gasteiger charge is 2.05. The Bertz CT molecular complexity index is 353. The lowest BCUT2D eigenvalue weighted by Gasteiger charge is -2.04. The predicted molar refractivity (Wildman–Crippen MR) is 54.7 cm³/mol. The van der Waals surface area contributed by atoms with Crippen molar-refractivity contribution >= 4 is 11.3 Å². The van der Waals surface area contributed by atoms with Crippen molar-refractivity contribution in [3.8, 4) is 0 Å². The molecule has 0 saturated carbocycles. The van der Waals surface area contributed by atoms with Crippen molar-refractivity contribution in [1.29, 1.82) is 0 Å². The van der Waals surface area contributed by atoms with Gasteiger partial charge in [-0.3, -0.25) is 0 Å². The van der Waals surface area contributed by atoms with E-state index in [2.05, 4.69) is 6.58 Å². The molecule has 0 aromatic heterocycles. The molecule has 0 spiro atoms.